The van der Waals surface area contributed by atoms with E-state index in [-0.39, 0.29) is 34.0 Å². The van der Waals surface area contributed by atoms with Crippen molar-refractivity contribution >= 4 is 37.3 Å². The predicted octanol–water partition coefficient (Wildman–Crippen LogP) is 3.22. The van der Waals surface area contributed by atoms with Crippen molar-refractivity contribution in [2.45, 2.75) is 77.3 Å². The molecule has 3 heterocycles. The molecule has 4 rings (SSSR count). The zero-order valence-corrected chi connectivity index (χ0v) is 24.8. The highest BCUT2D eigenvalue weighted by Crippen LogP contribution is 2.43. The lowest BCUT2D eigenvalue weighted by molar-refractivity contribution is -0.118. The molecule has 0 aliphatic carbocycles. The number of hydrogen-bond donors (Lipinski definition) is 3. The molecule has 216 valence electrons. The van der Waals surface area contributed by atoms with Gasteiger partial charge in [0.2, 0.25) is 11.9 Å². The Hall–Kier alpha value is -3.39. The third-order valence-corrected chi connectivity index (χ3v) is 11.9. The first-order valence-corrected chi connectivity index (χ1v) is 16.1. The van der Waals surface area contributed by atoms with Crippen LogP contribution in [0, 0.1) is 5.92 Å². The fourth-order valence-electron chi connectivity index (χ4n) is 4.06. The number of imidazole rings is 1. The van der Waals surface area contributed by atoms with Crippen LogP contribution in [-0.2, 0) is 18.7 Å². The van der Waals surface area contributed by atoms with Crippen LogP contribution in [0.4, 0.5) is 5.95 Å². The number of rotatable bonds is 8. The highest BCUT2D eigenvalue weighted by molar-refractivity contribution is 6.74. The summed E-state index contributed by atoms with van der Waals surface area (Å²) in [5, 5.41) is 12.7. The lowest BCUT2D eigenvalue weighted by Gasteiger charge is -2.40. The second-order valence-corrected chi connectivity index (χ2v) is 16.5. The number of hydrogen-bond acceptors (Lipinski definition) is 9. The Labute approximate surface area is 233 Å². The maximum atomic E-state index is 13.1. The molecule has 3 aromatic rings. The normalized spacial score (nSPS) is 21.6. The zero-order valence-electron chi connectivity index (χ0n) is 23.8. The van der Waals surface area contributed by atoms with E-state index in [9.17, 15) is 19.5 Å². The van der Waals surface area contributed by atoms with Gasteiger partial charge in [0.05, 0.1) is 18.5 Å². The molecule has 0 radical (unpaired) electrons. The first-order valence-electron chi connectivity index (χ1n) is 13.2. The van der Waals surface area contributed by atoms with E-state index in [2.05, 4.69) is 54.1 Å². The van der Waals surface area contributed by atoms with Gasteiger partial charge in [0.25, 0.3) is 5.56 Å². The van der Waals surface area contributed by atoms with E-state index in [0.29, 0.717) is 5.56 Å². The van der Waals surface area contributed by atoms with Crippen molar-refractivity contribution in [3.63, 3.8) is 0 Å². The molecule has 0 spiro atoms. The van der Waals surface area contributed by atoms with Gasteiger partial charge in [-0.15, -0.1) is 0 Å². The van der Waals surface area contributed by atoms with Crippen LogP contribution in [0.1, 0.15) is 51.2 Å². The maximum Gasteiger partial charge on any atom is 0.338 e. The number of anilines is 1. The van der Waals surface area contributed by atoms with Crippen LogP contribution >= 0.6 is 0 Å². The minimum atomic E-state index is -2.49. The van der Waals surface area contributed by atoms with Crippen molar-refractivity contribution in [1.29, 1.82) is 0 Å². The zero-order chi connectivity index (χ0) is 29.4. The Morgan fingerprint density at radius 2 is 1.88 bits per heavy atom. The Balaban J connectivity index is 1.79. The third kappa shape index (κ3) is 5.87. The number of nitrogens with zero attached hydrogens (tertiary/aromatic N) is 3. The monoisotopic (exact) mass is 571 g/mol. The second kappa shape index (κ2) is 11.2. The number of esters is 1. The summed E-state index contributed by atoms with van der Waals surface area (Å²) in [5.74, 6) is -1.28. The van der Waals surface area contributed by atoms with E-state index in [1.54, 1.807) is 44.2 Å². The summed E-state index contributed by atoms with van der Waals surface area (Å²) in [4.78, 5) is 49.4. The number of aliphatic hydroxyl groups is 1. The molecule has 13 heteroatoms. The molecule has 1 saturated heterocycles. The van der Waals surface area contributed by atoms with Crippen molar-refractivity contribution in [2.75, 3.05) is 11.9 Å². The predicted molar refractivity (Wildman–Crippen MR) is 150 cm³/mol. The molecule has 1 fully saturated rings. The summed E-state index contributed by atoms with van der Waals surface area (Å²) >= 11 is 0. The number of H-pyrrole nitrogens is 1. The van der Waals surface area contributed by atoms with Crippen LogP contribution in [0.5, 0.6) is 0 Å². The van der Waals surface area contributed by atoms with Crippen LogP contribution < -0.4 is 10.9 Å². The van der Waals surface area contributed by atoms with E-state index >= 15 is 0 Å². The molecule has 40 heavy (non-hydrogen) atoms. The standard InChI is InChI=1S/C27H37N5O7Si/c1-15(2)22(34)30-26-29-21-18(23(35)31-26)28-14-32(21)24-20(39-40(6,7)27(3,4)5)19(17(13-33)37-24)38-25(36)16-11-9-8-10-12-16/h8-12,14-15,17,19-20,24,33H,13H2,1-7H3,(H2,29,30,31,34,35)/t17-,19?,20?,24-/m1/s1. The lowest BCUT2D eigenvalue weighted by atomic mass is 10.1. The Morgan fingerprint density at radius 1 is 1.20 bits per heavy atom. The lowest BCUT2D eigenvalue weighted by Crippen LogP contribution is -2.50. The largest absolute Gasteiger partial charge is 0.453 e. The molecule has 0 saturated carbocycles. The van der Waals surface area contributed by atoms with Crippen LogP contribution in [0.25, 0.3) is 11.2 Å². The minimum Gasteiger partial charge on any atom is -0.453 e. The van der Waals surface area contributed by atoms with E-state index < -0.39 is 51.0 Å². The van der Waals surface area contributed by atoms with Crippen molar-refractivity contribution in [1.82, 2.24) is 19.5 Å². The molecule has 4 atom stereocenters. The third-order valence-electron chi connectivity index (χ3n) is 7.43. The van der Waals surface area contributed by atoms with E-state index in [1.807, 2.05) is 0 Å². The summed E-state index contributed by atoms with van der Waals surface area (Å²) in [6.07, 6.45) is -2.32. The van der Waals surface area contributed by atoms with Gasteiger partial charge in [0.15, 0.2) is 31.8 Å². The highest BCUT2D eigenvalue weighted by atomic mass is 28.4. The first-order chi connectivity index (χ1) is 18.7. The van der Waals surface area contributed by atoms with Crippen molar-refractivity contribution in [2.24, 2.45) is 5.92 Å². The van der Waals surface area contributed by atoms with Crippen molar-refractivity contribution in [3.8, 4) is 0 Å². The van der Waals surface area contributed by atoms with Crippen LogP contribution in [0.2, 0.25) is 18.1 Å². The molecule has 2 aromatic heterocycles. The van der Waals surface area contributed by atoms with Gasteiger partial charge >= 0.3 is 5.97 Å². The summed E-state index contributed by atoms with van der Waals surface area (Å²) in [5.41, 5.74) is -0.0279. The molecular weight excluding hydrogens is 534 g/mol. The molecule has 3 N–H and O–H groups in total. The molecule has 1 amide bonds. The highest BCUT2D eigenvalue weighted by Gasteiger charge is 2.53. The second-order valence-electron chi connectivity index (χ2n) is 11.7. The van der Waals surface area contributed by atoms with Gasteiger partial charge in [-0.25, -0.2) is 9.78 Å². The number of aromatic amines is 1. The Morgan fingerprint density at radius 3 is 2.48 bits per heavy atom. The van der Waals surface area contributed by atoms with Gasteiger partial charge in [0, 0.05) is 5.92 Å². The van der Waals surface area contributed by atoms with Crippen LogP contribution in [0.15, 0.2) is 41.5 Å². The van der Waals surface area contributed by atoms with Crippen LogP contribution in [0.3, 0.4) is 0 Å². The number of amides is 1. The number of carbonyl (C=O) groups is 2. The Kier molecular flexibility index (Phi) is 8.31. The van der Waals surface area contributed by atoms with Gasteiger partial charge in [-0.3, -0.25) is 24.5 Å². The SMILES string of the molecule is CC(C)C(=O)Nc1nc2c(ncn2[C@@H]2O[C@H](CO)C(OC(=O)c3ccccc3)C2O[Si](C)(C)C(C)(C)C)c(=O)[nH]1. The number of aliphatic hydroxyl groups excluding tert-OH is 1. The fourth-order valence-corrected chi connectivity index (χ4v) is 5.35. The van der Waals surface area contributed by atoms with E-state index in [0.717, 1.165) is 0 Å². The maximum absolute atomic E-state index is 13.1. The first kappa shape index (κ1) is 29.6. The number of carbonyl (C=O) groups excluding carboxylic acids is 2. The average molecular weight is 572 g/mol. The number of nitrogens with one attached hydrogen (secondary N) is 2. The van der Waals surface area contributed by atoms with Crippen molar-refractivity contribution in [3.05, 3.63) is 52.6 Å². The van der Waals surface area contributed by atoms with Gasteiger partial charge < -0.3 is 19.0 Å². The summed E-state index contributed by atoms with van der Waals surface area (Å²) in [6, 6.07) is 8.53. The number of benzene rings is 1. The average Bonchev–Trinajstić information content (AvgIpc) is 3.45. The smallest absolute Gasteiger partial charge is 0.338 e. The topological polar surface area (TPSA) is 158 Å². The van der Waals surface area contributed by atoms with Gasteiger partial charge in [-0.1, -0.05) is 52.8 Å². The molecule has 1 aromatic carbocycles. The summed E-state index contributed by atoms with van der Waals surface area (Å²) in [6.45, 7) is 13.3. The van der Waals surface area contributed by atoms with Crippen LogP contribution in [-0.4, -0.2) is 69.7 Å². The summed E-state index contributed by atoms with van der Waals surface area (Å²) in [7, 11) is -2.49. The summed E-state index contributed by atoms with van der Waals surface area (Å²) < 4.78 is 20.5. The minimum absolute atomic E-state index is 0.0301. The molecule has 12 nitrogen and oxygen atoms in total. The van der Waals surface area contributed by atoms with Gasteiger partial charge in [0.1, 0.15) is 12.2 Å². The fraction of sp³-hybridized carbons (Fsp3) is 0.519. The quantitative estimate of drug-likeness (QED) is 0.273. The van der Waals surface area contributed by atoms with Gasteiger partial charge in [-0.2, -0.15) is 4.98 Å². The molecule has 1 aliphatic rings. The molecular formula is C27H37N5O7Si. The van der Waals surface area contributed by atoms with E-state index in [4.69, 9.17) is 13.9 Å². The number of fused-ring (bicyclic) bond motifs is 1. The van der Waals surface area contributed by atoms with E-state index in [1.165, 1.54) is 10.9 Å². The molecule has 1 aliphatic heterocycles. The molecule has 0 bridgehead atoms. The molecule has 2 unspecified atom stereocenters. The number of aromatic nitrogens is 4. The van der Waals surface area contributed by atoms with Crippen molar-refractivity contribution < 1.29 is 28.6 Å². The Bertz CT molecular complexity index is 1430. The number of ether oxygens (including phenoxy) is 2. The van der Waals surface area contributed by atoms with Gasteiger partial charge in [-0.05, 0) is 30.3 Å².